The van der Waals surface area contributed by atoms with Crippen LogP contribution in [0.1, 0.15) is 68.4 Å². The van der Waals surface area contributed by atoms with Crippen LogP contribution in [0.15, 0.2) is 192 Å². The molecule has 0 amide bonds. The first-order chi connectivity index (χ1) is 27.8. The van der Waals surface area contributed by atoms with Gasteiger partial charge in [0.15, 0.2) is 0 Å². The molecule has 0 radical (unpaired) electrons. The van der Waals surface area contributed by atoms with Crippen LogP contribution in [0.25, 0.3) is 33.1 Å². The topological polar surface area (TPSA) is 20.2 Å². The van der Waals surface area contributed by atoms with E-state index in [0.717, 1.165) is 51.4 Å². The summed E-state index contributed by atoms with van der Waals surface area (Å²) in [7, 11) is 0. The fraction of sp³-hybridized carbons (Fsp3) is 0.245. The van der Waals surface area contributed by atoms with Crippen molar-refractivity contribution in [2.75, 3.05) is 0 Å². The lowest BCUT2D eigenvalue weighted by atomic mass is 9.84. The van der Waals surface area contributed by atoms with Crippen LogP contribution in [-0.2, 0) is 0 Å². The summed E-state index contributed by atoms with van der Waals surface area (Å²) in [5.74, 6) is 0.727. The minimum absolute atomic E-state index is 0.216. The number of rotatable bonds is 6. The van der Waals surface area contributed by atoms with Gasteiger partial charge in [-0.25, -0.2) is 0 Å². The molecule has 3 heterocycles. The number of nitrogens with one attached hydrogen (secondary N) is 1. The summed E-state index contributed by atoms with van der Waals surface area (Å²) < 4.78 is 2.48. The molecule has 2 aliphatic heterocycles. The molecular weight excluding hydrogens is 679 g/mol. The second-order valence-electron chi connectivity index (χ2n) is 16.5. The van der Waals surface area contributed by atoms with Crippen LogP contribution < -0.4 is 5.32 Å². The van der Waals surface area contributed by atoms with Crippen LogP contribution in [0.3, 0.4) is 0 Å². The SMILES string of the molecule is C1=CCCC(C2CC(N3C4=C(C=CCC4)C4C=CC(c5ccc6c(c5)c5ccccc5n6C5=CC(c6ccccc6)CC=C5)=CC43)=CC(C3=CCCC=C3)N2)=C1. The molecule has 3 nitrogen and oxygen atoms in total. The van der Waals surface area contributed by atoms with Gasteiger partial charge in [-0.05, 0) is 103 Å². The van der Waals surface area contributed by atoms with Crippen molar-refractivity contribution in [1.82, 2.24) is 14.8 Å². The van der Waals surface area contributed by atoms with E-state index < -0.39 is 0 Å². The van der Waals surface area contributed by atoms with Gasteiger partial charge >= 0.3 is 0 Å². The van der Waals surface area contributed by atoms with Crippen molar-refractivity contribution < 1.29 is 0 Å². The van der Waals surface area contributed by atoms with E-state index in [-0.39, 0.29) is 12.1 Å². The monoisotopic (exact) mass is 727 g/mol. The standard InChI is InChI=1S/C53H49N3/c1-4-15-36(16-5-1)39-21-14-22-42(31-39)55-51-26-13-11-24-45(51)47-32-40(28-30-52(47)55)41-27-29-46-44-23-10-12-25-50(44)56(53(46)33-41)43-34-48(37-17-6-2-7-18-37)54-49(35-43)38-19-8-3-9-20-38/h1-2,4-6,8,10-11,13-17,19-20,22-24,26-33,35,39,46,48-49,53-54H,3,7,9,12,18,21,25,34H2. The third-order valence-corrected chi connectivity index (χ3v) is 13.2. The lowest BCUT2D eigenvalue weighted by Crippen LogP contribution is -2.46. The molecule has 0 spiro atoms. The molecule has 4 aromatic rings. The van der Waals surface area contributed by atoms with E-state index >= 15 is 0 Å². The summed E-state index contributed by atoms with van der Waals surface area (Å²) in [4.78, 5) is 2.79. The van der Waals surface area contributed by atoms with Crippen LogP contribution in [-0.4, -0.2) is 27.6 Å². The molecule has 5 aliphatic carbocycles. The Morgan fingerprint density at radius 3 is 2.46 bits per heavy atom. The summed E-state index contributed by atoms with van der Waals surface area (Å²) in [6.07, 6.45) is 45.0. The Balaban J connectivity index is 0.988. The van der Waals surface area contributed by atoms with Gasteiger partial charge in [0.1, 0.15) is 0 Å². The van der Waals surface area contributed by atoms with Crippen molar-refractivity contribution in [3.8, 4) is 0 Å². The Morgan fingerprint density at radius 2 is 1.57 bits per heavy atom. The zero-order chi connectivity index (χ0) is 37.0. The van der Waals surface area contributed by atoms with Gasteiger partial charge in [0.25, 0.3) is 0 Å². The highest BCUT2D eigenvalue weighted by molar-refractivity contribution is 6.11. The largest absolute Gasteiger partial charge is 0.341 e. The molecule has 56 heavy (non-hydrogen) atoms. The highest BCUT2D eigenvalue weighted by Gasteiger charge is 2.42. The Hall–Kier alpha value is -5.64. The third kappa shape index (κ3) is 5.83. The Labute approximate surface area is 331 Å². The first kappa shape index (κ1) is 33.7. The number of hydrogen-bond acceptors (Lipinski definition) is 2. The molecule has 5 unspecified atom stereocenters. The van der Waals surface area contributed by atoms with E-state index in [9.17, 15) is 0 Å². The van der Waals surface area contributed by atoms with Crippen molar-refractivity contribution in [2.45, 2.75) is 75.4 Å². The van der Waals surface area contributed by atoms with Gasteiger partial charge in [-0.3, -0.25) is 5.32 Å². The molecular formula is C53H49N3. The van der Waals surface area contributed by atoms with Gasteiger partial charge in [0, 0.05) is 52.2 Å². The Kier molecular flexibility index (Phi) is 8.50. The summed E-state index contributed by atoms with van der Waals surface area (Å²) in [6.45, 7) is 0. The average Bonchev–Trinajstić information content (AvgIpc) is 3.79. The molecule has 0 bridgehead atoms. The molecule has 0 fully saturated rings. The summed E-state index contributed by atoms with van der Waals surface area (Å²) in [5, 5.41) is 6.71. The van der Waals surface area contributed by atoms with Gasteiger partial charge in [0.05, 0.1) is 23.1 Å². The number of nitrogens with zero attached hydrogens (tertiary/aromatic N) is 2. The number of para-hydroxylation sites is 1. The van der Waals surface area contributed by atoms with Gasteiger partial charge in [-0.15, -0.1) is 0 Å². The number of fused-ring (bicyclic) bond motifs is 5. The Morgan fingerprint density at radius 1 is 0.696 bits per heavy atom. The van der Waals surface area contributed by atoms with E-state index in [4.69, 9.17) is 0 Å². The van der Waals surface area contributed by atoms with E-state index in [1.165, 1.54) is 66.7 Å². The highest BCUT2D eigenvalue weighted by atomic mass is 15.2. The van der Waals surface area contributed by atoms with Gasteiger partial charge in [-0.1, -0.05) is 139 Å². The molecule has 1 aromatic heterocycles. The lowest BCUT2D eigenvalue weighted by molar-refractivity contribution is 0.320. The maximum Gasteiger partial charge on any atom is 0.0629 e. The van der Waals surface area contributed by atoms with Crippen molar-refractivity contribution >= 4 is 33.1 Å². The fourth-order valence-electron chi connectivity index (χ4n) is 10.5. The van der Waals surface area contributed by atoms with Gasteiger partial charge < -0.3 is 9.47 Å². The fourth-order valence-corrected chi connectivity index (χ4v) is 10.5. The molecule has 3 aromatic carbocycles. The molecule has 276 valence electrons. The zero-order valence-electron chi connectivity index (χ0n) is 32.0. The molecule has 11 rings (SSSR count). The summed E-state index contributed by atoms with van der Waals surface area (Å²) in [6, 6.07) is 27.9. The molecule has 0 saturated heterocycles. The molecule has 3 heteroatoms. The lowest BCUT2D eigenvalue weighted by Gasteiger charge is -2.41. The van der Waals surface area contributed by atoms with Gasteiger partial charge in [0.2, 0.25) is 0 Å². The predicted molar refractivity (Wildman–Crippen MR) is 235 cm³/mol. The first-order valence-corrected chi connectivity index (χ1v) is 21.0. The van der Waals surface area contributed by atoms with Crippen LogP contribution in [0.5, 0.6) is 0 Å². The number of allylic oxidation sites excluding steroid dienone is 14. The number of benzene rings is 3. The van der Waals surface area contributed by atoms with Crippen LogP contribution in [0.4, 0.5) is 0 Å². The molecule has 1 N–H and O–H groups in total. The van der Waals surface area contributed by atoms with Crippen LogP contribution >= 0.6 is 0 Å². The quantitative estimate of drug-likeness (QED) is 0.213. The molecule has 7 aliphatic rings. The first-order valence-electron chi connectivity index (χ1n) is 21.0. The zero-order valence-corrected chi connectivity index (χ0v) is 32.0. The van der Waals surface area contributed by atoms with E-state index in [0.29, 0.717) is 17.9 Å². The second-order valence-corrected chi connectivity index (χ2v) is 16.5. The van der Waals surface area contributed by atoms with Crippen molar-refractivity contribution in [3.05, 3.63) is 203 Å². The van der Waals surface area contributed by atoms with Crippen LogP contribution in [0.2, 0.25) is 0 Å². The number of aromatic nitrogens is 1. The normalized spacial score (nSPS) is 26.9. The van der Waals surface area contributed by atoms with Crippen molar-refractivity contribution in [3.63, 3.8) is 0 Å². The second kappa shape index (κ2) is 14.1. The van der Waals surface area contributed by atoms with Crippen molar-refractivity contribution in [2.24, 2.45) is 5.92 Å². The Bertz CT molecular complexity index is 2590. The van der Waals surface area contributed by atoms with Crippen LogP contribution in [0, 0.1) is 5.92 Å². The predicted octanol–water partition coefficient (Wildman–Crippen LogP) is 12.4. The van der Waals surface area contributed by atoms with Gasteiger partial charge in [-0.2, -0.15) is 0 Å². The maximum atomic E-state index is 4.10. The van der Waals surface area contributed by atoms with E-state index in [1.54, 1.807) is 5.57 Å². The smallest absolute Gasteiger partial charge is 0.0629 e. The molecule has 5 atom stereocenters. The average molecular weight is 728 g/mol. The summed E-state index contributed by atoms with van der Waals surface area (Å²) in [5.41, 5.74) is 15.2. The minimum atomic E-state index is 0.216. The van der Waals surface area contributed by atoms with E-state index in [2.05, 4.69) is 179 Å². The highest BCUT2D eigenvalue weighted by Crippen LogP contribution is 2.48. The summed E-state index contributed by atoms with van der Waals surface area (Å²) >= 11 is 0. The number of hydrogen-bond donors (Lipinski definition) is 1. The van der Waals surface area contributed by atoms with E-state index in [1.807, 2.05) is 0 Å². The third-order valence-electron chi connectivity index (χ3n) is 13.2. The maximum absolute atomic E-state index is 4.10. The van der Waals surface area contributed by atoms with Crippen molar-refractivity contribution in [1.29, 1.82) is 0 Å². The molecule has 0 saturated carbocycles. The minimum Gasteiger partial charge on any atom is -0.341 e.